The van der Waals surface area contributed by atoms with Crippen molar-refractivity contribution in [2.45, 2.75) is 6.10 Å². The van der Waals surface area contributed by atoms with Gasteiger partial charge in [-0.3, -0.25) is 0 Å². The van der Waals surface area contributed by atoms with E-state index in [9.17, 15) is 9.90 Å². The standard InChI is InChI=1S/C5H8O4.Na/c6-3-4(7)1-2-5(8)9;/h1-2,4,6-7H,3H2,(H,8,9);/q;+1/p-1/b2-1+;. The first kappa shape index (κ1) is 12.8. The first-order valence-corrected chi connectivity index (χ1v) is 2.35. The zero-order valence-electron chi connectivity index (χ0n) is 5.65. The molecule has 5 heteroatoms. The third-order valence-electron chi connectivity index (χ3n) is 0.642. The van der Waals surface area contributed by atoms with Gasteiger partial charge in [0, 0.05) is 0 Å². The van der Waals surface area contributed by atoms with Gasteiger partial charge in [0.2, 0.25) is 0 Å². The van der Waals surface area contributed by atoms with E-state index in [4.69, 9.17) is 10.2 Å². The second-order valence-corrected chi connectivity index (χ2v) is 1.43. The number of carboxylic acid groups (broad SMARTS) is 1. The molecule has 0 aromatic heterocycles. The summed E-state index contributed by atoms with van der Waals surface area (Å²) >= 11 is 0. The van der Waals surface area contributed by atoms with Gasteiger partial charge in [-0.1, -0.05) is 6.08 Å². The summed E-state index contributed by atoms with van der Waals surface area (Å²) in [5.41, 5.74) is 0. The molecule has 0 fully saturated rings. The van der Waals surface area contributed by atoms with Crippen LogP contribution in [0, 0.1) is 0 Å². The second-order valence-electron chi connectivity index (χ2n) is 1.43. The molecule has 1 unspecified atom stereocenters. The molecule has 0 aromatic carbocycles. The van der Waals surface area contributed by atoms with Gasteiger partial charge in [-0.25, -0.2) is 0 Å². The Kier molecular flexibility index (Phi) is 9.25. The Hall–Kier alpha value is 0.130. The van der Waals surface area contributed by atoms with E-state index < -0.39 is 18.7 Å². The summed E-state index contributed by atoms with van der Waals surface area (Å²) in [5.74, 6) is -1.39. The maximum Gasteiger partial charge on any atom is 1.00 e. The van der Waals surface area contributed by atoms with Crippen LogP contribution in [0.2, 0.25) is 0 Å². The predicted molar refractivity (Wildman–Crippen MR) is 27.2 cm³/mol. The van der Waals surface area contributed by atoms with Crippen LogP contribution in [0.5, 0.6) is 0 Å². The Morgan fingerprint density at radius 2 is 2.20 bits per heavy atom. The van der Waals surface area contributed by atoms with E-state index in [1.807, 2.05) is 0 Å². The van der Waals surface area contributed by atoms with Crippen LogP contribution in [0.15, 0.2) is 12.2 Å². The van der Waals surface area contributed by atoms with Crippen molar-refractivity contribution < 1.29 is 49.7 Å². The Morgan fingerprint density at radius 1 is 1.70 bits per heavy atom. The minimum absolute atomic E-state index is 0. The average molecular weight is 154 g/mol. The number of carbonyl (C=O) groups excluding carboxylic acids is 1. The smallest absolute Gasteiger partial charge is 0.545 e. The van der Waals surface area contributed by atoms with Crippen LogP contribution in [-0.2, 0) is 4.79 Å². The Balaban J connectivity index is 0. The van der Waals surface area contributed by atoms with Crippen molar-refractivity contribution in [3.8, 4) is 0 Å². The number of aliphatic hydroxyl groups is 2. The molecule has 10 heavy (non-hydrogen) atoms. The maximum atomic E-state index is 9.63. The van der Waals surface area contributed by atoms with Crippen molar-refractivity contribution in [2.24, 2.45) is 0 Å². The molecule has 4 nitrogen and oxygen atoms in total. The van der Waals surface area contributed by atoms with Crippen LogP contribution in [0.1, 0.15) is 0 Å². The zero-order chi connectivity index (χ0) is 7.28. The molecular weight excluding hydrogens is 147 g/mol. The SMILES string of the molecule is O=C([O-])/C=C/C(O)CO.[Na+]. The number of carbonyl (C=O) groups is 1. The van der Waals surface area contributed by atoms with Gasteiger partial charge in [-0.2, -0.15) is 0 Å². The average Bonchev–Trinajstić information content (AvgIpc) is 1.83. The minimum atomic E-state index is -1.39. The van der Waals surface area contributed by atoms with E-state index in [1.54, 1.807) is 0 Å². The summed E-state index contributed by atoms with van der Waals surface area (Å²) in [5, 5.41) is 26.2. The summed E-state index contributed by atoms with van der Waals surface area (Å²) in [6.07, 6.45) is 0.499. The topological polar surface area (TPSA) is 80.6 Å². The van der Waals surface area contributed by atoms with E-state index in [0.717, 1.165) is 6.08 Å². The van der Waals surface area contributed by atoms with Crippen LogP contribution < -0.4 is 34.7 Å². The summed E-state index contributed by atoms with van der Waals surface area (Å²) in [6.45, 7) is -0.482. The molecule has 0 amide bonds. The normalized spacial score (nSPS) is 12.6. The molecule has 0 bridgehead atoms. The van der Waals surface area contributed by atoms with Gasteiger partial charge < -0.3 is 20.1 Å². The van der Waals surface area contributed by atoms with Crippen LogP contribution in [0.3, 0.4) is 0 Å². The van der Waals surface area contributed by atoms with Gasteiger partial charge >= 0.3 is 29.6 Å². The van der Waals surface area contributed by atoms with E-state index in [2.05, 4.69) is 0 Å². The molecule has 0 rings (SSSR count). The van der Waals surface area contributed by atoms with Crippen molar-refractivity contribution in [3.05, 3.63) is 12.2 Å². The molecule has 0 aliphatic carbocycles. The molecule has 0 aromatic rings. The van der Waals surface area contributed by atoms with Crippen molar-refractivity contribution in [1.82, 2.24) is 0 Å². The van der Waals surface area contributed by atoms with Crippen LogP contribution in [-0.4, -0.2) is 28.9 Å². The molecule has 0 radical (unpaired) electrons. The first-order valence-electron chi connectivity index (χ1n) is 2.35. The Bertz CT molecular complexity index is 123. The van der Waals surface area contributed by atoms with E-state index in [0.29, 0.717) is 6.08 Å². The molecule has 0 saturated carbocycles. The monoisotopic (exact) mass is 154 g/mol. The first-order chi connectivity index (χ1) is 4.16. The molecule has 2 N–H and O–H groups in total. The fourth-order valence-electron chi connectivity index (χ4n) is 0.251. The van der Waals surface area contributed by atoms with Gasteiger partial charge in [-0.05, 0) is 6.08 Å². The molecule has 0 aliphatic heterocycles. The number of aliphatic hydroxyl groups excluding tert-OH is 2. The van der Waals surface area contributed by atoms with Crippen LogP contribution in [0.25, 0.3) is 0 Å². The Morgan fingerprint density at radius 3 is 2.50 bits per heavy atom. The van der Waals surface area contributed by atoms with Crippen molar-refractivity contribution in [3.63, 3.8) is 0 Å². The fraction of sp³-hybridized carbons (Fsp3) is 0.400. The van der Waals surface area contributed by atoms with E-state index in [1.165, 1.54) is 0 Å². The summed E-state index contributed by atoms with van der Waals surface area (Å²) in [7, 11) is 0. The molecular formula is C5H7NaO4. The molecule has 0 spiro atoms. The molecule has 0 aliphatic rings. The number of hydrogen-bond acceptors (Lipinski definition) is 4. The summed E-state index contributed by atoms with van der Waals surface area (Å²) in [4.78, 5) is 9.63. The summed E-state index contributed by atoms with van der Waals surface area (Å²) < 4.78 is 0. The van der Waals surface area contributed by atoms with Gasteiger partial charge in [0.15, 0.2) is 0 Å². The largest absolute Gasteiger partial charge is 1.00 e. The Labute approximate surface area is 80.5 Å². The van der Waals surface area contributed by atoms with E-state index >= 15 is 0 Å². The molecule has 0 heterocycles. The maximum absolute atomic E-state index is 9.63. The number of carboxylic acids is 1. The quantitative estimate of drug-likeness (QED) is 0.314. The number of rotatable bonds is 3. The third kappa shape index (κ3) is 8.13. The van der Waals surface area contributed by atoms with Gasteiger partial charge in [-0.15, -0.1) is 0 Å². The zero-order valence-corrected chi connectivity index (χ0v) is 7.65. The summed E-state index contributed by atoms with van der Waals surface area (Å²) in [6, 6.07) is 0. The van der Waals surface area contributed by atoms with Crippen molar-refractivity contribution in [2.75, 3.05) is 6.61 Å². The molecule has 0 saturated heterocycles. The minimum Gasteiger partial charge on any atom is -0.545 e. The van der Waals surface area contributed by atoms with Gasteiger partial charge in [0.25, 0.3) is 0 Å². The van der Waals surface area contributed by atoms with E-state index in [-0.39, 0.29) is 29.6 Å². The number of aliphatic carboxylic acids is 1. The molecule has 52 valence electrons. The van der Waals surface area contributed by atoms with Crippen LogP contribution in [0.4, 0.5) is 0 Å². The van der Waals surface area contributed by atoms with Crippen molar-refractivity contribution >= 4 is 5.97 Å². The predicted octanol–water partition coefficient (Wildman–Crippen LogP) is -5.35. The van der Waals surface area contributed by atoms with Crippen LogP contribution >= 0.6 is 0 Å². The van der Waals surface area contributed by atoms with Gasteiger partial charge in [0.1, 0.15) is 0 Å². The second kappa shape index (κ2) is 7.24. The van der Waals surface area contributed by atoms with Gasteiger partial charge in [0.05, 0.1) is 18.7 Å². The molecule has 1 atom stereocenters. The number of hydrogen-bond donors (Lipinski definition) is 2. The fourth-order valence-corrected chi connectivity index (χ4v) is 0.251. The van der Waals surface area contributed by atoms with Crippen molar-refractivity contribution in [1.29, 1.82) is 0 Å². The third-order valence-corrected chi connectivity index (χ3v) is 0.642.